The molecule has 0 radical (unpaired) electrons. The minimum Gasteiger partial charge on any atom is -0.465 e. The molecule has 2 aromatic carbocycles. The number of ether oxygens (including phenoxy) is 2. The van der Waals surface area contributed by atoms with Gasteiger partial charge in [0.25, 0.3) is 0 Å². The van der Waals surface area contributed by atoms with Crippen molar-refractivity contribution in [1.29, 1.82) is 0 Å². The average molecular weight is 298 g/mol. The number of carbonyl (C=O) groups is 1. The molecule has 1 N–H and O–H groups in total. The van der Waals surface area contributed by atoms with Crippen molar-refractivity contribution in [2.75, 3.05) is 6.61 Å². The first-order valence-electron chi connectivity index (χ1n) is 7.01. The summed E-state index contributed by atoms with van der Waals surface area (Å²) in [5.74, 6) is 0.162. The van der Waals surface area contributed by atoms with Crippen LogP contribution >= 0.6 is 0 Å². The van der Waals surface area contributed by atoms with Crippen molar-refractivity contribution < 1.29 is 19.4 Å². The highest BCUT2D eigenvalue weighted by Gasteiger charge is 1.99. The van der Waals surface area contributed by atoms with E-state index in [0.29, 0.717) is 12.2 Å². The zero-order chi connectivity index (χ0) is 15.6. The third-order valence-electron chi connectivity index (χ3n) is 2.96. The normalized spacial score (nSPS) is 10.6. The van der Waals surface area contributed by atoms with Crippen LogP contribution in [0.3, 0.4) is 0 Å². The largest absolute Gasteiger partial charge is 0.465 e. The second-order valence-electron chi connectivity index (χ2n) is 4.63. The van der Waals surface area contributed by atoms with Crippen LogP contribution in [0.25, 0.3) is 0 Å². The molecular weight excluding hydrogens is 280 g/mol. The van der Waals surface area contributed by atoms with Gasteiger partial charge in [0.2, 0.25) is 0 Å². The molecule has 0 unspecified atom stereocenters. The predicted octanol–water partition coefficient (Wildman–Crippen LogP) is 2.86. The van der Waals surface area contributed by atoms with Crippen LogP contribution in [0.2, 0.25) is 0 Å². The molecule has 4 nitrogen and oxygen atoms in total. The Bertz CT molecular complexity index is 603. The topological polar surface area (TPSA) is 55.8 Å². The molecule has 2 rings (SSSR count). The van der Waals surface area contributed by atoms with Gasteiger partial charge in [0.05, 0.1) is 12.3 Å². The zero-order valence-corrected chi connectivity index (χ0v) is 12.1. The maximum atomic E-state index is 11.5. The summed E-state index contributed by atoms with van der Waals surface area (Å²) in [6.45, 7) is 0.354. The van der Waals surface area contributed by atoms with E-state index in [9.17, 15) is 4.79 Å². The lowest BCUT2D eigenvalue weighted by molar-refractivity contribution is -0.139. The summed E-state index contributed by atoms with van der Waals surface area (Å²) in [6, 6.07) is 16.8. The summed E-state index contributed by atoms with van der Waals surface area (Å²) in [4.78, 5) is 11.5. The Kier molecular flexibility index (Phi) is 6.20. The molecule has 0 saturated carbocycles. The van der Waals surface area contributed by atoms with Gasteiger partial charge in [-0.25, -0.2) is 4.79 Å². The van der Waals surface area contributed by atoms with Crippen LogP contribution in [0.5, 0.6) is 5.75 Å². The number of hydrogen-bond donors (Lipinski definition) is 1. The number of aliphatic hydroxyl groups is 1. The molecule has 0 aliphatic carbocycles. The van der Waals surface area contributed by atoms with Gasteiger partial charge >= 0.3 is 5.97 Å². The van der Waals surface area contributed by atoms with Gasteiger partial charge in [0.15, 0.2) is 0 Å². The first kappa shape index (κ1) is 15.8. The number of aliphatic hydroxyl groups excluding tert-OH is 1. The first-order chi connectivity index (χ1) is 10.8. The zero-order valence-electron chi connectivity index (χ0n) is 12.1. The summed E-state index contributed by atoms with van der Waals surface area (Å²) in [6.07, 6.45) is 3.15. The molecule has 0 amide bonds. The maximum Gasteiger partial charge on any atom is 0.334 e. The van der Waals surface area contributed by atoms with Crippen molar-refractivity contribution in [2.45, 2.75) is 13.0 Å². The third kappa shape index (κ3) is 5.42. The van der Waals surface area contributed by atoms with Crippen LogP contribution in [0.1, 0.15) is 11.1 Å². The summed E-state index contributed by atoms with van der Waals surface area (Å²) < 4.78 is 10.4. The fourth-order valence-corrected chi connectivity index (χ4v) is 1.81. The molecule has 0 fully saturated rings. The smallest absolute Gasteiger partial charge is 0.334 e. The van der Waals surface area contributed by atoms with Crippen molar-refractivity contribution in [1.82, 2.24) is 0 Å². The van der Waals surface area contributed by atoms with E-state index in [1.54, 1.807) is 12.1 Å². The molecule has 0 bridgehead atoms. The lowest BCUT2D eigenvalue weighted by Crippen LogP contribution is -2.01. The van der Waals surface area contributed by atoms with Crippen molar-refractivity contribution in [3.8, 4) is 5.75 Å². The molecule has 22 heavy (non-hydrogen) atoms. The van der Waals surface area contributed by atoms with Crippen LogP contribution in [0, 0.1) is 0 Å². The van der Waals surface area contributed by atoms with E-state index in [0.717, 1.165) is 11.1 Å². The second kappa shape index (κ2) is 8.64. The Morgan fingerprint density at radius 2 is 1.73 bits per heavy atom. The standard InChI is InChI=1S/C18H18O4/c19-12-10-15-6-8-17(9-7-15)21-13-11-18(20)22-14-16-4-2-1-3-5-16/h1-9,11,13,19H,10,12,14H2. The van der Waals surface area contributed by atoms with Gasteiger partial charge in [-0.3, -0.25) is 0 Å². The third-order valence-corrected chi connectivity index (χ3v) is 2.96. The van der Waals surface area contributed by atoms with Gasteiger partial charge in [-0.15, -0.1) is 0 Å². The van der Waals surface area contributed by atoms with Gasteiger partial charge < -0.3 is 14.6 Å². The molecule has 0 spiro atoms. The number of esters is 1. The summed E-state index contributed by atoms with van der Waals surface area (Å²) >= 11 is 0. The minimum atomic E-state index is -0.458. The molecule has 2 aromatic rings. The Morgan fingerprint density at radius 3 is 2.41 bits per heavy atom. The SMILES string of the molecule is O=C(C=COc1ccc(CCO)cc1)OCc1ccccc1. The lowest BCUT2D eigenvalue weighted by Gasteiger charge is -2.03. The van der Waals surface area contributed by atoms with Crippen LogP contribution in [-0.2, 0) is 22.6 Å². The molecule has 114 valence electrons. The Labute approximate surface area is 129 Å². The van der Waals surface area contributed by atoms with Gasteiger partial charge in [0, 0.05) is 6.61 Å². The first-order valence-corrected chi connectivity index (χ1v) is 7.01. The second-order valence-corrected chi connectivity index (χ2v) is 4.63. The van der Waals surface area contributed by atoms with E-state index < -0.39 is 5.97 Å². The van der Waals surface area contributed by atoms with Crippen LogP contribution in [0.15, 0.2) is 66.9 Å². The molecule has 0 aliphatic rings. The minimum absolute atomic E-state index is 0.118. The van der Waals surface area contributed by atoms with E-state index >= 15 is 0 Å². The Morgan fingerprint density at radius 1 is 1.00 bits per heavy atom. The molecular formula is C18H18O4. The van der Waals surface area contributed by atoms with E-state index in [2.05, 4.69) is 0 Å². The Hall–Kier alpha value is -2.59. The highest BCUT2D eigenvalue weighted by atomic mass is 16.5. The monoisotopic (exact) mass is 298 g/mol. The van der Waals surface area contributed by atoms with Gasteiger partial charge in [0.1, 0.15) is 12.4 Å². The van der Waals surface area contributed by atoms with Crippen molar-refractivity contribution in [3.63, 3.8) is 0 Å². The van der Waals surface area contributed by atoms with Crippen LogP contribution in [0.4, 0.5) is 0 Å². The molecule has 0 atom stereocenters. The van der Waals surface area contributed by atoms with Crippen molar-refractivity contribution >= 4 is 5.97 Å². The summed E-state index contributed by atoms with van der Waals surface area (Å²) in [5, 5.41) is 8.83. The Balaban J connectivity index is 1.75. The number of hydrogen-bond acceptors (Lipinski definition) is 4. The van der Waals surface area contributed by atoms with Crippen LogP contribution < -0.4 is 4.74 Å². The highest BCUT2D eigenvalue weighted by Crippen LogP contribution is 2.12. The van der Waals surface area contributed by atoms with E-state index in [1.807, 2.05) is 42.5 Å². The predicted molar refractivity (Wildman–Crippen MR) is 83.2 cm³/mol. The van der Waals surface area contributed by atoms with Crippen LogP contribution in [-0.4, -0.2) is 17.7 Å². The molecule has 0 aliphatic heterocycles. The molecule has 4 heteroatoms. The number of benzene rings is 2. The lowest BCUT2D eigenvalue weighted by atomic mass is 10.1. The quantitative estimate of drug-likeness (QED) is 0.485. The van der Waals surface area contributed by atoms with E-state index in [-0.39, 0.29) is 13.2 Å². The summed E-state index contributed by atoms with van der Waals surface area (Å²) in [5.41, 5.74) is 1.96. The number of rotatable bonds is 7. The highest BCUT2D eigenvalue weighted by molar-refractivity contribution is 5.81. The molecule has 0 aromatic heterocycles. The molecule has 0 heterocycles. The maximum absolute atomic E-state index is 11.5. The van der Waals surface area contributed by atoms with Gasteiger partial charge in [-0.1, -0.05) is 42.5 Å². The summed E-state index contributed by atoms with van der Waals surface area (Å²) in [7, 11) is 0. The number of carbonyl (C=O) groups excluding carboxylic acids is 1. The molecule has 0 saturated heterocycles. The van der Waals surface area contributed by atoms with E-state index in [1.165, 1.54) is 12.3 Å². The van der Waals surface area contributed by atoms with Gasteiger partial charge in [-0.2, -0.15) is 0 Å². The van der Waals surface area contributed by atoms with Crippen molar-refractivity contribution in [2.24, 2.45) is 0 Å². The fourth-order valence-electron chi connectivity index (χ4n) is 1.81. The fraction of sp³-hybridized carbons (Fsp3) is 0.167. The van der Waals surface area contributed by atoms with Crippen molar-refractivity contribution in [3.05, 3.63) is 78.1 Å². The van der Waals surface area contributed by atoms with E-state index in [4.69, 9.17) is 14.6 Å². The van der Waals surface area contributed by atoms with Gasteiger partial charge in [-0.05, 0) is 29.7 Å². The average Bonchev–Trinajstić information content (AvgIpc) is 2.56.